The number of nitrogens with zero attached hydrogens (tertiary/aromatic N) is 2. The monoisotopic (exact) mass is 774 g/mol. The van der Waals surface area contributed by atoms with Crippen molar-refractivity contribution < 1.29 is 28.8 Å². The second kappa shape index (κ2) is 17.1. The molecule has 5 atom stereocenters. The van der Waals surface area contributed by atoms with Gasteiger partial charge in [0.05, 0.1) is 54.6 Å². The number of amides is 1. The lowest BCUT2D eigenvalue weighted by atomic mass is 9.44. The zero-order valence-electron chi connectivity index (χ0n) is 35.2. The van der Waals surface area contributed by atoms with Crippen LogP contribution in [0.15, 0.2) is 53.2 Å². The van der Waals surface area contributed by atoms with E-state index in [9.17, 15) is 9.90 Å². The third-order valence-electron chi connectivity index (χ3n) is 12.9. The largest absolute Gasteiger partial charge is 0.496 e. The lowest BCUT2D eigenvalue weighted by Gasteiger charge is -2.66. The van der Waals surface area contributed by atoms with E-state index in [0.29, 0.717) is 41.2 Å². The van der Waals surface area contributed by atoms with Crippen molar-refractivity contribution in [2.75, 3.05) is 54.6 Å². The first-order valence-corrected chi connectivity index (χ1v) is 20.7. The summed E-state index contributed by atoms with van der Waals surface area (Å²) in [4.78, 5) is 22.0. The predicted octanol–water partition coefficient (Wildman–Crippen LogP) is 6.55. The van der Waals surface area contributed by atoms with Gasteiger partial charge in [0.25, 0.3) is 5.91 Å². The molecule has 2 aromatic rings. The molecule has 0 saturated heterocycles. The van der Waals surface area contributed by atoms with E-state index in [1.807, 2.05) is 64.2 Å². The molecule has 4 fully saturated rings. The Hall–Kier alpha value is -3.64. The molecular weight excluding hydrogens is 707 g/mol. The number of rotatable bonds is 19. The number of aliphatic imine (C=N–C) groups is 1. The number of allylic oxidation sites excluding steroid dienone is 1. The van der Waals surface area contributed by atoms with Crippen molar-refractivity contribution in [1.29, 1.82) is 0 Å². The number of carbonyl (C=O) groups excluding carboxylic acids is 1. The summed E-state index contributed by atoms with van der Waals surface area (Å²) in [6, 6.07) is 11.5. The number of methoxy groups -OCH3 is 2. The zero-order valence-corrected chi connectivity index (χ0v) is 35.2. The maximum absolute atomic E-state index is 14.5. The Balaban J connectivity index is 1.31. The van der Waals surface area contributed by atoms with Gasteiger partial charge < -0.3 is 45.3 Å². The molecule has 2 aromatic carbocycles. The Morgan fingerprint density at radius 2 is 1.68 bits per heavy atom. The van der Waals surface area contributed by atoms with Crippen LogP contribution in [0.2, 0.25) is 0 Å². The summed E-state index contributed by atoms with van der Waals surface area (Å²) in [5.41, 5.74) is 8.09. The molecule has 5 N–H and O–H groups in total. The molecule has 3 bridgehead atoms. The highest BCUT2D eigenvalue weighted by Gasteiger charge is 2.80. The van der Waals surface area contributed by atoms with E-state index in [2.05, 4.69) is 36.4 Å². The Morgan fingerprint density at radius 3 is 2.27 bits per heavy atom. The molecule has 11 nitrogen and oxygen atoms in total. The molecule has 56 heavy (non-hydrogen) atoms. The van der Waals surface area contributed by atoms with Gasteiger partial charge in [-0.3, -0.25) is 4.79 Å². The van der Waals surface area contributed by atoms with Crippen LogP contribution < -0.4 is 30.6 Å². The first kappa shape index (κ1) is 42.0. The maximum Gasteiger partial charge on any atom is 0.267 e. The van der Waals surface area contributed by atoms with E-state index in [4.69, 9.17) is 29.7 Å². The summed E-state index contributed by atoms with van der Waals surface area (Å²) in [6.45, 7) is 13.7. The van der Waals surface area contributed by atoms with E-state index in [-0.39, 0.29) is 28.9 Å². The van der Waals surface area contributed by atoms with Crippen molar-refractivity contribution in [1.82, 2.24) is 15.5 Å². The quantitative estimate of drug-likeness (QED) is 0.0542. The van der Waals surface area contributed by atoms with Gasteiger partial charge in [-0.25, -0.2) is 4.99 Å². The minimum atomic E-state index is -1.17. The third-order valence-corrected chi connectivity index (χ3v) is 12.9. The van der Waals surface area contributed by atoms with Gasteiger partial charge in [-0.1, -0.05) is 19.9 Å². The van der Waals surface area contributed by atoms with Gasteiger partial charge >= 0.3 is 0 Å². The van der Waals surface area contributed by atoms with Crippen LogP contribution in [0, 0.1) is 29.1 Å². The van der Waals surface area contributed by atoms with Crippen molar-refractivity contribution in [3.8, 4) is 17.2 Å². The highest BCUT2D eigenvalue weighted by atomic mass is 16.6. The van der Waals surface area contributed by atoms with Crippen molar-refractivity contribution in [3.63, 3.8) is 0 Å². The minimum absolute atomic E-state index is 0.0281. The maximum atomic E-state index is 14.5. The van der Waals surface area contributed by atoms with Gasteiger partial charge in [-0.05, 0) is 170 Å². The molecular formula is C45H67N5O6. The Kier molecular flexibility index (Phi) is 12.8. The van der Waals surface area contributed by atoms with Crippen molar-refractivity contribution in [2.45, 2.75) is 103 Å². The van der Waals surface area contributed by atoms with Gasteiger partial charge in [0.1, 0.15) is 17.2 Å². The van der Waals surface area contributed by atoms with Crippen molar-refractivity contribution in [2.24, 2.45) is 39.8 Å². The molecule has 308 valence electrons. The number of nitrogens with one attached hydrogen (secondary N) is 2. The molecule has 1 spiro atoms. The average molecular weight is 774 g/mol. The smallest absolute Gasteiger partial charge is 0.267 e. The third kappa shape index (κ3) is 8.33. The number of aliphatic hydroxyl groups excluding tert-OH is 1. The fourth-order valence-corrected chi connectivity index (χ4v) is 10.8. The molecule has 4 saturated carbocycles. The first-order chi connectivity index (χ1) is 26.6. The van der Waals surface area contributed by atoms with Crippen LogP contribution in [-0.2, 0) is 9.53 Å². The van der Waals surface area contributed by atoms with E-state index >= 15 is 0 Å². The molecule has 4 aliphatic carbocycles. The first-order valence-electron chi connectivity index (χ1n) is 20.7. The molecule has 0 aliphatic heterocycles. The number of hydrogen-bond donors (Lipinski definition) is 4. The topological polar surface area (TPSA) is 140 Å². The van der Waals surface area contributed by atoms with Gasteiger partial charge in [0.2, 0.25) is 0 Å². The Morgan fingerprint density at radius 1 is 1.04 bits per heavy atom. The molecule has 0 aromatic heterocycles. The van der Waals surface area contributed by atoms with Gasteiger partial charge in [0, 0.05) is 6.54 Å². The van der Waals surface area contributed by atoms with E-state index in [0.717, 1.165) is 62.3 Å². The number of benzene rings is 2. The Labute approximate surface area is 334 Å². The number of aliphatic hydroxyl groups is 1. The van der Waals surface area contributed by atoms with Crippen LogP contribution in [-0.4, -0.2) is 93.6 Å². The molecule has 0 radical (unpaired) electrons. The molecule has 5 unspecified atom stereocenters. The zero-order chi connectivity index (χ0) is 40.4. The summed E-state index contributed by atoms with van der Waals surface area (Å²) in [6.07, 6.45) is 8.03. The van der Waals surface area contributed by atoms with Crippen LogP contribution >= 0.6 is 0 Å². The van der Waals surface area contributed by atoms with Crippen LogP contribution in [0.25, 0.3) is 0 Å². The molecule has 6 rings (SSSR count). The lowest BCUT2D eigenvalue weighted by molar-refractivity contribution is -0.281. The molecule has 0 heterocycles. The SMILES string of the molecule is CNCCCN(C)CCCOc1ccc(N=C(/C=C(\N)C(=O)NC2(C(O)OC(C)(C)C)C3CC4CC5CC2C3(C4)C5)c2c(OC)cccc2OC)c(C(C)C)c1. The summed E-state index contributed by atoms with van der Waals surface area (Å²) >= 11 is 0. The fraction of sp³-hybridized carbons (Fsp3) is 0.644. The van der Waals surface area contributed by atoms with Gasteiger partial charge in [-0.2, -0.15) is 0 Å². The number of carbonyl (C=O) groups is 1. The van der Waals surface area contributed by atoms with Crippen molar-refractivity contribution >= 4 is 17.3 Å². The Bertz CT molecular complexity index is 1720. The summed E-state index contributed by atoms with van der Waals surface area (Å²) in [5.74, 6) is 3.02. The number of hydrogen-bond acceptors (Lipinski definition) is 10. The lowest BCUT2D eigenvalue weighted by Crippen LogP contribution is -2.78. The normalized spacial score (nSPS) is 27.4. The molecule has 4 aliphatic rings. The fourth-order valence-electron chi connectivity index (χ4n) is 10.8. The summed E-state index contributed by atoms with van der Waals surface area (Å²) in [5, 5.41) is 18.5. The van der Waals surface area contributed by atoms with E-state index in [1.54, 1.807) is 20.3 Å². The standard InChI is InChI=1S/C45H67N5O6/c1-28(2)32-24-31(55-20-12-19-50(7)18-11-17-47-6)15-16-34(32)48-35(40-36(53-8)13-10-14-37(40)54-9)25-33(46)41(51)49-45(42(52)56-43(3,4)5)38-22-29-21-30-23-39(45)44(38,26-29)27-30/h10,13-16,24-25,28-30,38-39,42,47,52H,11-12,17-23,26-27,46H2,1-9H3,(H,49,51)/b33-25-,48-35?. The van der Waals surface area contributed by atoms with Crippen LogP contribution in [0.4, 0.5) is 5.69 Å². The second-order valence-corrected chi connectivity index (χ2v) is 18.1. The van der Waals surface area contributed by atoms with Gasteiger partial charge in [0.15, 0.2) is 6.29 Å². The van der Waals surface area contributed by atoms with Crippen LogP contribution in [0.3, 0.4) is 0 Å². The minimum Gasteiger partial charge on any atom is -0.496 e. The summed E-state index contributed by atoms with van der Waals surface area (Å²) < 4.78 is 24.2. The molecule has 1 amide bonds. The summed E-state index contributed by atoms with van der Waals surface area (Å²) in [7, 11) is 7.32. The second-order valence-electron chi connectivity index (χ2n) is 18.1. The number of fused-ring (bicyclic) bond motifs is 2. The molecule has 11 heteroatoms. The van der Waals surface area contributed by atoms with Gasteiger partial charge in [-0.15, -0.1) is 0 Å². The van der Waals surface area contributed by atoms with E-state index in [1.165, 1.54) is 19.3 Å². The number of ether oxygens (including phenoxy) is 4. The highest BCUT2D eigenvalue weighted by Crippen LogP contribution is 2.79. The number of nitrogens with two attached hydrogens (primary N) is 1. The highest BCUT2D eigenvalue weighted by molar-refractivity contribution is 6.16. The van der Waals surface area contributed by atoms with Crippen LogP contribution in [0.1, 0.15) is 96.6 Å². The average Bonchev–Trinajstić information content (AvgIpc) is 3.55. The predicted molar refractivity (Wildman–Crippen MR) is 222 cm³/mol. The van der Waals surface area contributed by atoms with Crippen molar-refractivity contribution in [3.05, 3.63) is 59.3 Å². The van der Waals surface area contributed by atoms with Crippen LogP contribution in [0.5, 0.6) is 17.2 Å². The van der Waals surface area contributed by atoms with E-state index < -0.39 is 23.3 Å².